The maximum atomic E-state index is 12.5. The van der Waals surface area contributed by atoms with Gasteiger partial charge in [0, 0.05) is 11.4 Å². The maximum Gasteiger partial charge on any atom is 0.241 e. The molecule has 0 radical (unpaired) electrons. The summed E-state index contributed by atoms with van der Waals surface area (Å²) >= 11 is 0. The largest absolute Gasteiger partial charge is 0.325 e. The van der Waals surface area contributed by atoms with Crippen LogP contribution in [-0.4, -0.2) is 36.3 Å². The number of benzene rings is 2. The highest BCUT2D eigenvalue weighted by molar-refractivity contribution is 5.96. The summed E-state index contributed by atoms with van der Waals surface area (Å²) in [7, 11) is 1.77. The van der Waals surface area contributed by atoms with Gasteiger partial charge in [0.2, 0.25) is 11.8 Å². The molecule has 2 amide bonds. The van der Waals surface area contributed by atoms with E-state index in [4.69, 9.17) is 0 Å². The topological polar surface area (TPSA) is 61.4 Å². The zero-order chi connectivity index (χ0) is 20.0. The van der Waals surface area contributed by atoms with E-state index in [2.05, 4.69) is 17.6 Å². The van der Waals surface area contributed by atoms with Crippen molar-refractivity contribution in [3.8, 4) is 0 Å². The van der Waals surface area contributed by atoms with E-state index >= 15 is 0 Å². The zero-order valence-electron chi connectivity index (χ0n) is 16.8. The standard InChI is InChI=1S/C22H29N3O2/c1-6-18-9-11-19(12-10-18)23-22(27)17(4)25(5)14-21(26)24-20-13-15(2)7-8-16(20)3/h7-13,17H,6,14H2,1-5H3,(H,23,27)(H,24,26)/t17-/m0/s1. The molecule has 0 aliphatic heterocycles. The second-order valence-corrected chi connectivity index (χ2v) is 7.00. The van der Waals surface area contributed by atoms with E-state index in [1.54, 1.807) is 18.9 Å². The lowest BCUT2D eigenvalue weighted by Crippen LogP contribution is -2.43. The third-order valence-electron chi connectivity index (χ3n) is 4.73. The summed E-state index contributed by atoms with van der Waals surface area (Å²) in [6.07, 6.45) is 0.961. The van der Waals surface area contributed by atoms with E-state index in [0.29, 0.717) is 0 Å². The number of nitrogens with zero attached hydrogens (tertiary/aromatic N) is 1. The predicted octanol–water partition coefficient (Wildman–Crippen LogP) is 3.76. The van der Waals surface area contributed by atoms with Crippen LogP contribution in [0.1, 0.15) is 30.5 Å². The first-order valence-corrected chi connectivity index (χ1v) is 9.27. The monoisotopic (exact) mass is 367 g/mol. The minimum atomic E-state index is -0.430. The smallest absolute Gasteiger partial charge is 0.241 e. The van der Waals surface area contributed by atoms with Crippen molar-refractivity contribution in [1.82, 2.24) is 4.90 Å². The van der Waals surface area contributed by atoms with E-state index in [0.717, 1.165) is 28.9 Å². The van der Waals surface area contributed by atoms with Crippen LogP contribution in [-0.2, 0) is 16.0 Å². The van der Waals surface area contributed by atoms with Crippen molar-refractivity contribution in [3.63, 3.8) is 0 Å². The van der Waals surface area contributed by atoms with Crippen LogP contribution in [0.3, 0.4) is 0 Å². The number of anilines is 2. The van der Waals surface area contributed by atoms with Gasteiger partial charge in [0.25, 0.3) is 0 Å². The van der Waals surface area contributed by atoms with E-state index in [1.165, 1.54) is 5.56 Å². The first-order chi connectivity index (χ1) is 12.8. The van der Waals surface area contributed by atoms with E-state index in [9.17, 15) is 9.59 Å². The molecule has 0 aromatic heterocycles. The lowest BCUT2D eigenvalue weighted by molar-refractivity contribution is -0.122. The lowest BCUT2D eigenvalue weighted by atomic mass is 10.1. The number of hydrogen-bond acceptors (Lipinski definition) is 3. The fourth-order valence-corrected chi connectivity index (χ4v) is 2.69. The average Bonchev–Trinajstić information content (AvgIpc) is 2.64. The summed E-state index contributed by atoms with van der Waals surface area (Å²) in [5, 5.41) is 5.83. The minimum Gasteiger partial charge on any atom is -0.325 e. The Labute approximate surface area is 161 Å². The molecule has 0 saturated heterocycles. The average molecular weight is 367 g/mol. The molecule has 0 bridgehead atoms. The first-order valence-electron chi connectivity index (χ1n) is 9.27. The summed E-state index contributed by atoms with van der Waals surface area (Å²) in [6.45, 7) is 7.96. The number of carbonyl (C=O) groups excluding carboxylic acids is 2. The van der Waals surface area contributed by atoms with Gasteiger partial charge in [-0.1, -0.05) is 31.2 Å². The Hall–Kier alpha value is -2.66. The molecule has 0 aliphatic carbocycles. The van der Waals surface area contributed by atoms with Crippen molar-refractivity contribution in [2.75, 3.05) is 24.2 Å². The van der Waals surface area contributed by atoms with Crippen LogP contribution >= 0.6 is 0 Å². The van der Waals surface area contributed by atoms with Crippen molar-refractivity contribution >= 4 is 23.2 Å². The minimum absolute atomic E-state index is 0.136. The van der Waals surface area contributed by atoms with Gasteiger partial charge in [-0.3, -0.25) is 14.5 Å². The third kappa shape index (κ3) is 5.93. The Morgan fingerprint density at radius 1 is 1.04 bits per heavy atom. The van der Waals surface area contributed by atoms with Crippen LogP contribution in [0, 0.1) is 13.8 Å². The molecule has 2 N–H and O–H groups in total. The molecule has 0 aliphatic rings. The molecule has 0 fully saturated rings. The van der Waals surface area contributed by atoms with Crippen molar-refractivity contribution < 1.29 is 9.59 Å². The summed E-state index contributed by atoms with van der Waals surface area (Å²) in [4.78, 5) is 26.6. The highest BCUT2D eigenvalue weighted by Crippen LogP contribution is 2.16. The SMILES string of the molecule is CCc1ccc(NC(=O)[C@H](C)N(C)CC(=O)Nc2cc(C)ccc2C)cc1. The van der Waals surface area contributed by atoms with Crippen LogP contribution in [0.2, 0.25) is 0 Å². The molecule has 2 aromatic rings. The molecule has 1 atom stereocenters. The van der Waals surface area contributed by atoms with Gasteiger partial charge in [-0.15, -0.1) is 0 Å². The quantitative estimate of drug-likeness (QED) is 0.783. The number of aryl methyl sites for hydroxylation is 3. The molecule has 0 heterocycles. The molecule has 27 heavy (non-hydrogen) atoms. The first kappa shape index (κ1) is 20.6. The highest BCUT2D eigenvalue weighted by Gasteiger charge is 2.20. The van der Waals surface area contributed by atoms with Crippen molar-refractivity contribution in [2.24, 2.45) is 0 Å². The second-order valence-electron chi connectivity index (χ2n) is 7.00. The van der Waals surface area contributed by atoms with Gasteiger partial charge < -0.3 is 10.6 Å². The fourth-order valence-electron chi connectivity index (χ4n) is 2.69. The number of likely N-dealkylation sites (N-methyl/N-ethyl adjacent to an activating group) is 1. The Balaban J connectivity index is 1.91. The Morgan fingerprint density at radius 2 is 1.70 bits per heavy atom. The summed E-state index contributed by atoms with van der Waals surface area (Å²) in [6, 6.07) is 13.3. The molecule has 5 heteroatoms. The Morgan fingerprint density at radius 3 is 2.33 bits per heavy atom. The summed E-state index contributed by atoms with van der Waals surface area (Å²) in [5.74, 6) is -0.278. The second kappa shape index (κ2) is 9.33. The van der Waals surface area contributed by atoms with Crippen molar-refractivity contribution in [1.29, 1.82) is 0 Å². The van der Waals surface area contributed by atoms with Crippen LogP contribution in [0.15, 0.2) is 42.5 Å². The number of hydrogen-bond donors (Lipinski definition) is 2. The van der Waals surface area contributed by atoms with Gasteiger partial charge in [0.15, 0.2) is 0 Å². The number of rotatable bonds is 7. The van der Waals surface area contributed by atoms with E-state index in [-0.39, 0.29) is 18.4 Å². The fraction of sp³-hybridized carbons (Fsp3) is 0.364. The molecular formula is C22H29N3O2. The molecule has 5 nitrogen and oxygen atoms in total. The Bertz CT molecular complexity index is 800. The summed E-state index contributed by atoms with van der Waals surface area (Å²) in [5.41, 5.74) is 4.89. The molecule has 2 rings (SSSR count). The van der Waals surface area contributed by atoms with Gasteiger partial charge in [0.1, 0.15) is 0 Å². The third-order valence-corrected chi connectivity index (χ3v) is 4.73. The van der Waals surface area contributed by atoms with Crippen LogP contribution < -0.4 is 10.6 Å². The highest BCUT2D eigenvalue weighted by atomic mass is 16.2. The number of amides is 2. The number of nitrogens with one attached hydrogen (secondary N) is 2. The van der Waals surface area contributed by atoms with Crippen molar-refractivity contribution in [2.45, 2.75) is 40.2 Å². The van der Waals surface area contributed by atoms with Gasteiger partial charge in [-0.2, -0.15) is 0 Å². The molecule has 2 aromatic carbocycles. The Kier molecular flexibility index (Phi) is 7.13. The molecule has 0 unspecified atom stereocenters. The van der Waals surface area contributed by atoms with Gasteiger partial charge in [-0.05, 0) is 69.1 Å². The molecular weight excluding hydrogens is 338 g/mol. The van der Waals surface area contributed by atoms with Crippen LogP contribution in [0.5, 0.6) is 0 Å². The van der Waals surface area contributed by atoms with Crippen LogP contribution in [0.4, 0.5) is 11.4 Å². The predicted molar refractivity (Wildman–Crippen MR) is 111 cm³/mol. The number of carbonyl (C=O) groups is 2. The maximum absolute atomic E-state index is 12.5. The van der Waals surface area contributed by atoms with E-state index < -0.39 is 6.04 Å². The molecule has 0 saturated carbocycles. The van der Waals surface area contributed by atoms with E-state index in [1.807, 2.05) is 56.3 Å². The lowest BCUT2D eigenvalue weighted by Gasteiger charge is -2.23. The summed E-state index contributed by atoms with van der Waals surface area (Å²) < 4.78 is 0. The van der Waals surface area contributed by atoms with Crippen LogP contribution in [0.25, 0.3) is 0 Å². The van der Waals surface area contributed by atoms with Gasteiger partial charge >= 0.3 is 0 Å². The molecule has 144 valence electrons. The normalized spacial score (nSPS) is 11.9. The van der Waals surface area contributed by atoms with Gasteiger partial charge in [0.05, 0.1) is 12.6 Å². The van der Waals surface area contributed by atoms with Crippen molar-refractivity contribution in [3.05, 3.63) is 59.2 Å². The zero-order valence-corrected chi connectivity index (χ0v) is 16.8. The molecule has 0 spiro atoms. The van der Waals surface area contributed by atoms with Gasteiger partial charge in [-0.25, -0.2) is 0 Å².